The molecule has 0 nitrogen and oxygen atoms in total. The summed E-state index contributed by atoms with van der Waals surface area (Å²) in [7, 11) is 0. The van der Waals surface area contributed by atoms with Crippen LogP contribution in [0.1, 0.15) is 12.8 Å². The van der Waals surface area contributed by atoms with Crippen LogP contribution in [0.15, 0.2) is 0 Å². The van der Waals surface area contributed by atoms with Crippen molar-refractivity contribution in [3.63, 3.8) is 0 Å². The van der Waals surface area contributed by atoms with Crippen molar-refractivity contribution in [1.82, 2.24) is 0 Å². The second kappa shape index (κ2) is 2.46. The molecule has 0 amide bonds. The Morgan fingerprint density at radius 2 is 2.00 bits per heavy atom. The number of hydrogen-bond donors (Lipinski definition) is 0. The standard InChI is InChI=1S/C4H6ClF2/c1-2-3-4(5,6)7/h1-3H2. The summed E-state index contributed by atoms with van der Waals surface area (Å²) in [6.07, 6.45) is -0.162. The Morgan fingerprint density at radius 3 is 2.00 bits per heavy atom. The Hall–Kier alpha value is 0.150. The lowest BCUT2D eigenvalue weighted by molar-refractivity contribution is 0.0872. The van der Waals surface area contributed by atoms with Gasteiger partial charge < -0.3 is 0 Å². The molecular weight excluding hydrogens is 121 g/mol. The number of hydrogen-bond acceptors (Lipinski definition) is 0. The van der Waals surface area contributed by atoms with Crippen LogP contribution in [0.2, 0.25) is 0 Å². The highest BCUT2D eigenvalue weighted by atomic mass is 35.5. The molecule has 0 heterocycles. The molecule has 1 radical (unpaired) electrons. The molecule has 0 saturated carbocycles. The molecule has 3 heteroatoms. The Bertz CT molecular complexity index is 48.1. The van der Waals surface area contributed by atoms with Crippen molar-refractivity contribution in [3.8, 4) is 0 Å². The van der Waals surface area contributed by atoms with Crippen LogP contribution < -0.4 is 0 Å². The fraction of sp³-hybridized carbons (Fsp3) is 0.750. The molecule has 0 aliphatic carbocycles. The van der Waals surface area contributed by atoms with E-state index in [4.69, 9.17) is 0 Å². The number of alkyl halides is 3. The van der Waals surface area contributed by atoms with Crippen molar-refractivity contribution in [3.05, 3.63) is 6.92 Å². The Balaban J connectivity index is 3.15. The van der Waals surface area contributed by atoms with Gasteiger partial charge >= 0.3 is 5.38 Å². The molecule has 43 valence electrons. The van der Waals surface area contributed by atoms with E-state index in [1.165, 1.54) is 0 Å². The predicted octanol–water partition coefficient (Wildman–Crippen LogP) is 2.43. The highest BCUT2D eigenvalue weighted by Crippen LogP contribution is 2.23. The van der Waals surface area contributed by atoms with Gasteiger partial charge in [-0.15, -0.1) is 0 Å². The molecule has 7 heavy (non-hydrogen) atoms. The molecule has 0 aromatic carbocycles. The minimum absolute atomic E-state index is 0.177. The first-order chi connectivity index (χ1) is 3.06. The van der Waals surface area contributed by atoms with E-state index in [2.05, 4.69) is 18.5 Å². The van der Waals surface area contributed by atoms with E-state index in [0.717, 1.165) is 0 Å². The third kappa shape index (κ3) is 6.15. The lowest BCUT2D eigenvalue weighted by Gasteiger charge is -2.02. The maximum Gasteiger partial charge on any atom is 0.321 e. The second-order valence-electron chi connectivity index (χ2n) is 1.22. The summed E-state index contributed by atoms with van der Waals surface area (Å²) >= 11 is 4.46. The van der Waals surface area contributed by atoms with Gasteiger partial charge in [-0.1, -0.05) is 6.92 Å². The minimum Gasteiger partial charge on any atom is -0.188 e. The molecule has 0 aliphatic rings. The predicted molar refractivity (Wildman–Crippen MR) is 25.4 cm³/mol. The van der Waals surface area contributed by atoms with Crippen molar-refractivity contribution in [2.24, 2.45) is 0 Å². The molecule has 0 aliphatic heterocycles. The largest absolute Gasteiger partial charge is 0.321 e. The third-order valence-electron chi connectivity index (χ3n) is 0.460. The smallest absolute Gasteiger partial charge is 0.188 e. The van der Waals surface area contributed by atoms with Crippen LogP contribution in [0.3, 0.4) is 0 Å². The summed E-state index contributed by atoms with van der Waals surface area (Å²) in [6, 6.07) is 0. The first kappa shape index (κ1) is 7.15. The summed E-state index contributed by atoms with van der Waals surface area (Å²) in [5, 5.41) is -3.04. The summed E-state index contributed by atoms with van der Waals surface area (Å²) < 4.78 is 22.9. The Morgan fingerprint density at radius 1 is 1.57 bits per heavy atom. The van der Waals surface area contributed by atoms with Crippen LogP contribution in [0.5, 0.6) is 0 Å². The molecule has 0 bridgehead atoms. The topological polar surface area (TPSA) is 0 Å². The van der Waals surface area contributed by atoms with Gasteiger partial charge in [0.05, 0.1) is 0 Å². The van der Waals surface area contributed by atoms with Crippen LogP contribution in [-0.2, 0) is 0 Å². The van der Waals surface area contributed by atoms with Crippen LogP contribution in [0.25, 0.3) is 0 Å². The van der Waals surface area contributed by atoms with Gasteiger partial charge in [0.15, 0.2) is 0 Å². The van der Waals surface area contributed by atoms with E-state index in [1.54, 1.807) is 0 Å². The fourth-order valence-corrected chi connectivity index (χ4v) is 0.334. The van der Waals surface area contributed by atoms with E-state index >= 15 is 0 Å². The van der Waals surface area contributed by atoms with Gasteiger partial charge in [0.25, 0.3) is 0 Å². The van der Waals surface area contributed by atoms with Crippen molar-refractivity contribution in [1.29, 1.82) is 0 Å². The monoisotopic (exact) mass is 127 g/mol. The normalized spacial score (nSPS) is 12.0. The zero-order valence-corrected chi connectivity index (χ0v) is 4.51. The van der Waals surface area contributed by atoms with Gasteiger partial charge in [-0.25, -0.2) is 0 Å². The number of rotatable bonds is 2. The highest BCUT2D eigenvalue weighted by molar-refractivity contribution is 6.21. The van der Waals surface area contributed by atoms with E-state index in [-0.39, 0.29) is 12.8 Å². The molecule has 0 aromatic heterocycles. The van der Waals surface area contributed by atoms with Gasteiger partial charge in [0, 0.05) is 6.42 Å². The van der Waals surface area contributed by atoms with Gasteiger partial charge in [0.2, 0.25) is 0 Å². The van der Waals surface area contributed by atoms with Crippen molar-refractivity contribution in [2.75, 3.05) is 0 Å². The van der Waals surface area contributed by atoms with Crippen molar-refractivity contribution in [2.45, 2.75) is 18.2 Å². The third-order valence-corrected chi connectivity index (χ3v) is 0.649. The maximum atomic E-state index is 11.4. The molecule has 0 rings (SSSR count). The van der Waals surface area contributed by atoms with Gasteiger partial charge in [-0.3, -0.25) is 0 Å². The van der Waals surface area contributed by atoms with Crippen molar-refractivity contribution >= 4 is 11.6 Å². The van der Waals surface area contributed by atoms with Gasteiger partial charge in [-0.2, -0.15) is 8.78 Å². The summed E-state index contributed by atoms with van der Waals surface area (Å²) in [6.45, 7) is 3.21. The summed E-state index contributed by atoms with van der Waals surface area (Å²) in [5.74, 6) is 0. The molecule has 0 saturated heterocycles. The van der Waals surface area contributed by atoms with E-state index < -0.39 is 5.38 Å². The molecule has 0 fully saturated rings. The van der Waals surface area contributed by atoms with E-state index in [0.29, 0.717) is 0 Å². The lowest BCUT2D eigenvalue weighted by atomic mass is 10.3. The highest BCUT2D eigenvalue weighted by Gasteiger charge is 2.21. The molecule has 0 aromatic rings. The van der Waals surface area contributed by atoms with Crippen LogP contribution >= 0.6 is 11.6 Å². The average molecular weight is 128 g/mol. The Kier molecular flexibility index (Phi) is 2.51. The Labute approximate surface area is 46.5 Å². The van der Waals surface area contributed by atoms with E-state index in [1.807, 2.05) is 0 Å². The minimum atomic E-state index is -3.04. The average Bonchev–Trinajstić information content (AvgIpc) is 1.30. The molecule has 0 N–H and O–H groups in total. The van der Waals surface area contributed by atoms with Crippen LogP contribution in [0, 0.1) is 6.92 Å². The first-order valence-corrected chi connectivity index (χ1v) is 2.30. The van der Waals surface area contributed by atoms with Crippen LogP contribution in [0.4, 0.5) is 8.78 Å². The van der Waals surface area contributed by atoms with Crippen LogP contribution in [-0.4, -0.2) is 5.38 Å². The molecular formula is C4H6ClF2. The molecule has 0 atom stereocenters. The first-order valence-electron chi connectivity index (χ1n) is 1.92. The van der Waals surface area contributed by atoms with Crippen molar-refractivity contribution < 1.29 is 8.78 Å². The summed E-state index contributed by atoms with van der Waals surface area (Å²) in [4.78, 5) is 0. The summed E-state index contributed by atoms with van der Waals surface area (Å²) in [5.41, 5.74) is 0. The molecule has 0 spiro atoms. The SMILES string of the molecule is [CH2]CCC(F)(F)Cl. The zero-order valence-electron chi connectivity index (χ0n) is 3.76. The quantitative estimate of drug-likeness (QED) is 0.500. The zero-order chi connectivity index (χ0) is 5.91. The second-order valence-corrected chi connectivity index (χ2v) is 1.77. The molecule has 0 unspecified atom stereocenters. The van der Waals surface area contributed by atoms with Gasteiger partial charge in [0.1, 0.15) is 0 Å². The van der Waals surface area contributed by atoms with E-state index in [9.17, 15) is 8.78 Å². The lowest BCUT2D eigenvalue weighted by Crippen LogP contribution is -2.02. The van der Waals surface area contributed by atoms with Gasteiger partial charge in [-0.05, 0) is 18.0 Å². The maximum absolute atomic E-state index is 11.4. The fourth-order valence-electron chi connectivity index (χ4n) is 0.200. The number of halogens is 3.